The van der Waals surface area contributed by atoms with Crippen LogP contribution in [0.1, 0.15) is 18.4 Å². The maximum absolute atomic E-state index is 5.96. The average Bonchev–Trinajstić information content (AvgIpc) is 2.57. The molecule has 0 N–H and O–H groups in total. The van der Waals surface area contributed by atoms with Crippen LogP contribution in [0.25, 0.3) is 0 Å². The highest BCUT2D eigenvalue weighted by atomic mass is 16.5. The molecule has 0 amide bonds. The molecule has 0 spiro atoms. The number of hydrogen-bond acceptors (Lipinski definition) is 4. The largest absolute Gasteiger partial charge is 0.497 e. The summed E-state index contributed by atoms with van der Waals surface area (Å²) in [5.41, 5.74) is 1.31. The van der Waals surface area contributed by atoms with Crippen LogP contribution in [-0.4, -0.2) is 57.1 Å². The van der Waals surface area contributed by atoms with E-state index >= 15 is 0 Å². The predicted octanol–water partition coefficient (Wildman–Crippen LogP) is 2.12. The zero-order valence-electron chi connectivity index (χ0n) is 12.8. The molecular formula is C17H25NO3. The summed E-state index contributed by atoms with van der Waals surface area (Å²) >= 11 is 0. The van der Waals surface area contributed by atoms with E-state index < -0.39 is 0 Å². The van der Waals surface area contributed by atoms with E-state index in [0.29, 0.717) is 12.1 Å². The monoisotopic (exact) mass is 291 g/mol. The number of nitrogens with zero attached hydrogens (tertiary/aromatic N) is 1. The number of morpholine rings is 1. The molecule has 4 heteroatoms. The molecule has 2 aliphatic heterocycles. The molecule has 1 unspecified atom stereocenters. The Hall–Kier alpha value is -1.10. The number of rotatable bonds is 4. The van der Waals surface area contributed by atoms with Crippen molar-refractivity contribution in [3.63, 3.8) is 0 Å². The third-order valence-electron chi connectivity index (χ3n) is 4.50. The van der Waals surface area contributed by atoms with E-state index in [1.165, 1.54) is 5.56 Å². The van der Waals surface area contributed by atoms with E-state index in [-0.39, 0.29) is 0 Å². The Morgan fingerprint density at radius 1 is 1.14 bits per heavy atom. The van der Waals surface area contributed by atoms with Crippen LogP contribution in [0.15, 0.2) is 24.3 Å². The third-order valence-corrected chi connectivity index (χ3v) is 4.50. The van der Waals surface area contributed by atoms with Crippen molar-refractivity contribution in [2.75, 3.05) is 40.0 Å². The van der Waals surface area contributed by atoms with Gasteiger partial charge in [0.2, 0.25) is 0 Å². The molecule has 0 radical (unpaired) electrons. The van der Waals surface area contributed by atoms with Gasteiger partial charge in [0.05, 0.1) is 19.8 Å². The Morgan fingerprint density at radius 3 is 2.62 bits per heavy atom. The van der Waals surface area contributed by atoms with Gasteiger partial charge >= 0.3 is 0 Å². The lowest BCUT2D eigenvalue weighted by Gasteiger charge is -2.39. The van der Waals surface area contributed by atoms with Gasteiger partial charge in [0, 0.05) is 32.3 Å². The molecule has 0 saturated carbocycles. The minimum atomic E-state index is 0.301. The predicted molar refractivity (Wildman–Crippen MR) is 81.9 cm³/mol. The lowest BCUT2D eigenvalue weighted by Crippen LogP contribution is -2.49. The first-order valence-electron chi connectivity index (χ1n) is 7.91. The van der Waals surface area contributed by atoms with Gasteiger partial charge in [0.1, 0.15) is 5.75 Å². The molecule has 21 heavy (non-hydrogen) atoms. The smallest absolute Gasteiger partial charge is 0.118 e. The lowest BCUT2D eigenvalue weighted by molar-refractivity contribution is -0.0610. The van der Waals surface area contributed by atoms with Crippen LogP contribution in [-0.2, 0) is 15.9 Å². The molecule has 2 heterocycles. The summed E-state index contributed by atoms with van der Waals surface area (Å²) in [5.74, 6) is 0.909. The summed E-state index contributed by atoms with van der Waals surface area (Å²) in [7, 11) is 1.70. The zero-order valence-corrected chi connectivity index (χ0v) is 12.8. The van der Waals surface area contributed by atoms with Crippen LogP contribution < -0.4 is 4.74 Å². The van der Waals surface area contributed by atoms with Crippen LogP contribution >= 0.6 is 0 Å². The highest BCUT2D eigenvalue weighted by molar-refractivity contribution is 5.27. The highest BCUT2D eigenvalue weighted by Gasteiger charge is 2.27. The maximum atomic E-state index is 5.96. The molecule has 3 rings (SSSR count). The van der Waals surface area contributed by atoms with Crippen molar-refractivity contribution in [2.24, 2.45) is 0 Å². The molecular weight excluding hydrogens is 266 g/mol. The maximum Gasteiger partial charge on any atom is 0.118 e. The number of hydrogen-bond donors (Lipinski definition) is 0. The molecule has 0 aliphatic carbocycles. The quantitative estimate of drug-likeness (QED) is 0.850. The van der Waals surface area contributed by atoms with Crippen LogP contribution in [0.5, 0.6) is 5.75 Å². The summed E-state index contributed by atoms with van der Waals surface area (Å²) < 4.78 is 16.6. The van der Waals surface area contributed by atoms with Gasteiger partial charge in [-0.05, 0) is 37.0 Å². The van der Waals surface area contributed by atoms with Crippen molar-refractivity contribution in [1.29, 1.82) is 0 Å². The topological polar surface area (TPSA) is 30.9 Å². The van der Waals surface area contributed by atoms with Crippen molar-refractivity contribution in [3.05, 3.63) is 29.8 Å². The van der Waals surface area contributed by atoms with Gasteiger partial charge in [-0.2, -0.15) is 0 Å². The minimum Gasteiger partial charge on any atom is -0.497 e. The van der Waals surface area contributed by atoms with E-state index in [4.69, 9.17) is 14.2 Å². The van der Waals surface area contributed by atoms with Crippen molar-refractivity contribution >= 4 is 0 Å². The van der Waals surface area contributed by atoms with Crippen molar-refractivity contribution < 1.29 is 14.2 Å². The van der Waals surface area contributed by atoms with Gasteiger partial charge in [-0.25, -0.2) is 0 Å². The number of ether oxygens (including phenoxy) is 3. The second kappa shape index (κ2) is 7.25. The summed E-state index contributed by atoms with van der Waals surface area (Å²) in [5, 5.41) is 0. The van der Waals surface area contributed by atoms with E-state index in [1.807, 2.05) is 12.1 Å². The van der Waals surface area contributed by atoms with Crippen molar-refractivity contribution in [1.82, 2.24) is 4.90 Å². The van der Waals surface area contributed by atoms with Crippen molar-refractivity contribution in [2.45, 2.75) is 31.4 Å². The number of methoxy groups -OCH3 is 1. The van der Waals surface area contributed by atoms with E-state index in [2.05, 4.69) is 17.0 Å². The normalized spacial score (nSPS) is 24.9. The molecule has 4 nitrogen and oxygen atoms in total. The lowest BCUT2D eigenvalue weighted by atomic mass is 10.0. The first-order valence-corrected chi connectivity index (χ1v) is 7.91. The van der Waals surface area contributed by atoms with Gasteiger partial charge in [0.25, 0.3) is 0 Å². The Kier molecular flexibility index (Phi) is 5.12. The van der Waals surface area contributed by atoms with Crippen LogP contribution in [0.3, 0.4) is 0 Å². The fourth-order valence-corrected chi connectivity index (χ4v) is 3.27. The van der Waals surface area contributed by atoms with Gasteiger partial charge in [-0.1, -0.05) is 12.1 Å². The zero-order chi connectivity index (χ0) is 14.5. The molecule has 1 aromatic rings. The van der Waals surface area contributed by atoms with Gasteiger partial charge in [-0.15, -0.1) is 0 Å². The van der Waals surface area contributed by atoms with Crippen LogP contribution in [0.4, 0.5) is 0 Å². The molecule has 2 aliphatic rings. The number of benzene rings is 1. The first-order chi connectivity index (χ1) is 10.3. The third kappa shape index (κ3) is 3.96. The van der Waals surface area contributed by atoms with E-state index in [1.54, 1.807) is 7.11 Å². The van der Waals surface area contributed by atoms with Crippen LogP contribution in [0.2, 0.25) is 0 Å². The Bertz CT molecular complexity index is 428. The Balaban J connectivity index is 1.55. The van der Waals surface area contributed by atoms with Gasteiger partial charge in [0.15, 0.2) is 0 Å². The van der Waals surface area contributed by atoms with E-state index in [9.17, 15) is 0 Å². The second-order valence-corrected chi connectivity index (χ2v) is 5.88. The molecule has 0 bridgehead atoms. The van der Waals surface area contributed by atoms with Crippen LogP contribution in [0, 0.1) is 0 Å². The molecule has 116 valence electrons. The summed E-state index contributed by atoms with van der Waals surface area (Å²) in [6.07, 6.45) is 3.60. The molecule has 0 aromatic heterocycles. The van der Waals surface area contributed by atoms with E-state index in [0.717, 1.165) is 57.9 Å². The standard InChI is InChI=1S/C17H25NO3/c1-19-16-4-2-14(3-5-16)12-17-13-18(8-11-21-17)15-6-9-20-10-7-15/h2-5,15,17H,6-13H2,1H3. The fraction of sp³-hybridized carbons (Fsp3) is 0.647. The molecule has 1 aromatic carbocycles. The second-order valence-electron chi connectivity index (χ2n) is 5.88. The SMILES string of the molecule is COc1ccc(CC2CN(C3CCOCC3)CCO2)cc1. The molecule has 2 saturated heterocycles. The average molecular weight is 291 g/mol. The fourth-order valence-electron chi connectivity index (χ4n) is 3.27. The van der Waals surface area contributed by atoms with Crippen molar-refractivity contribution in [3.8, 4) is 5.75 Å². The summed E-state index contributed by atoms with van der Waals surface area (Å²) in [6, 6.07) is 8.99. The highest BCUT2D eigenvalue weighted by Crippen LogP contribution is 2.20. The Morgan fingerprint density at radius 2 is 1.90 bits per heavy atom. The molecule has 2 fully saturated rings. The van der Waals surface area contributed by atoms with Gasteiger partial charge in [-0.3, -0.25) is 4.90 Å². The summed E-state index contributed by atoms with van der Waals surface area (Å²) in [4.78, 5) is 2.60. The van der Waals surface area contributed by atoms with Gasteiger partial charge < -0.3 is 14.2 Å². The molecule has 1 atom stereocenters. The first kappa shape index (κ1) is 14.8. The Labute approximate surface area is 127 Å². The summed E-state index contributed by atoms with van der Waals surface area (Å²) in [6.45, 7) is 4.76. The minimum absolute atomic E-state index is 0.301.